The molecule has 0 aliphatic carbocycles. The summed E-state index contributed by atoms with van der Waals surface area (Å²) in [7, 11) is 0. The molecule has 0 fully saturated rings. The van der Waals surface area contributed by atoms with Gasteiger partial charge in [-0.2, -0.15) is 17.6 Å². The lowest BCUT2D eigenvalue weighted by atomic mass is 10.2. The number of allylic oxidation sites excluding steroid dienone is 1. The second-order valence-electron chi connectivity index (χ2n) is 3.24. The average Bonchev–Trinajstić information content (AvgIpc) is 2.08. The Balaban J connectivity index is 4.81. The van der Waals surface area contributed by atoms with Crippen LogP contribution in [0.1, 0.15) is 26.2 Å². The third-order valence-electron chi connectivity index (χ3n) is 1.71. The van der Waals surface area contributed by atoms with Crippen LogP contribution in [0.4, 0.5) is 30.7 Å². The topological polar surface area (TPSA) is 9.23 Å². The van der Waals surface area contributed by atoms with Gasteiger partial charge in [0.15, 0.2) is 0 Å². The summed E-state index contributed by atoms with van der Waals surface area (Å²) in [6.07, 6.45) is -9.96. The summed E-state index contributed by atoms with van der Waals surface area (Å²) in [5.41, 5.74) is 0. The van der Waals surface area contributed by atoms with E-state index in [0.717, 1.165) is 0 Å². The maximum Gasteiger partial charge on any atom is 0.525 e. The molecule has 102 valence electrons. The molecule has 0 radical (unpaired) electrons. The van der Waals surface area contributed by atoms with Crippen LogP contribution < -0.4 is 0 Å². The van der Waals surface area contributed by atoms with Crippen LogP contribution in [0.25, 0.3) is 0 Å². The Bertz CT molecular complexity index is 255. The fourth-order valence-electron chi connectivity index (χ4n) is 0.912. The van der Waals surface area contributed by atoms with Crippen LogP contribution in [0.15, 0.2) is 12.2 Å². The van der Waals surface area contributed by atoms with Crippen molar-refractivity contribution in [2.24, 2.45) is 0 Å². The number of ether oxygens (including phenoxy) is 1. The summed E-state index contributed by atoms with van der Waals surface area (Å²) in [5.74, 6) is -4.83. The van der Waals surface area contributed by atoms with E-state index in [0.29, 0.717) is 18.9 Å². The molecule has 0 aliphatic heterocycles. The summed E-state index contributed by atoms with van der Waals surface area (Å²) in [5, 5.41) is 0. The van der Waals surface area contributed by atoms with Crippen LogP contribution in [-0.2, 0) is 4.74 Å². The van der Waals surface area contributed by atoms with Crippen molar-refractivity contribution >= 4 is 0 Å². The van der Waals surface area contributed by atoms with Crippen molar-refractivity contribution in [3.05, 3.63) is 12.2 Å². The summed E-state index contributed by atoms with van der Waals surface area (Å²) in [6.45, 7) is 1.73. The fourth-order valence-corrected chi connectivity index (χ4v) is 0.912. The largest absolute Gasteiger partial charge is 0.525 e. The molecule has 0 saturated carbocycles. The second kappa shape index (κ2) is 5.70. The van der Waals surface area contributed by atoms with Gasteiger partial charge in [0.2, 0.25) is 0 Å². The van der Waals surface area contributed by atoms with Crippen LogP contribution in [0.3, 0.4) is 0 Å². The van der Waals surface area contributed by atoms with Gasteiger partial charge < -0.3 is 0 Å². The highest BCUT2D eigenvalue weighted by atomic mass is 19.4. The van der Waals surface area contributed by atoms with Gasteiger partial charge in [-0.25, -0.2) is 4.74 Å². The quantitative estimate of drug-likeness (QED) is 0.405. The fraction of sp³-hybridized carbons (Fsp3) is 0.778. The molecule has 0 spiro atoms. The molecule has 0 aliphatic rings. The van der Waals surface area contributed by atoms with Crippen LogP contribution in [-0.4, -0.2) is 18.4 Å². The molecule has 0 rings (SSSR count). The van der Waals surface area contributed by atoms with Crippen LogP contribution in [0, 0.1) is 0 Å². The van der Waals surface area contributed by atoms with E-state index in [2.05, 4.69) is 4.74 Å². The zero-order valence-electron chi connectivity index (χ0n) is 8.83. The minimum Gasteiger partial charge on any atom is -0.242 e. The molecular formula is C9H11F7O. The number of hydrogen-bond donors (Lipinski definition) is 0. The Morgan fingerprint density at radius 1 is 1.00 bits per heavy atom. The van der Waals surface area contributed by atoms with E-state index in [4.69, 9.17) is 0 Å². The molecule has 0 N–H and O–H groups in total. The van der Waals surface area contributed by atoms with Crippen molar-refractivity contribution in [2.45, 2.75) is 44.6 Å². The van der Waals surface area contributed by atoms with E-state index in [9.17, 15) is 30.7 Å². The van der Waals surface area contributed by atoms with Gasteiger partial charge in [-0.05, 0) is 12.5 Å². The predicted octanol–water partition coefficient (Wildman–Crippen LogP) is 4.50. The molecule has 17 heavy (non-hydrogen) atoms. The molecule has 8 heteroatoms. The summed E-state index contributed by atoms with van der Waals surface area (Å²) in [4.78, 5) is 0. The first-order valence-electron chi connectivity index (χ1n) is 4.72. The number of halogens is 7. The lowest BCUT2D eigenvalue weighted by molar-refractivity contribution is -0.432. The first kappa shape index (κ1) is 16.2. The van der Waals surface area contributed by atoms with Crippen molar-refractivity contribution in [3.63, 3.8) is 0 Å². The Morgan fingerprint density at radius 3 is 1.88 bits per heavy atom. The van der Waals surface area contributed by atoms with E-state index in [1.165, 1.54) is 0 Å². The third kappa shape index (κ3) is 5.90. The van der Waals surface area contributed by atoms with Gasteiger partial charge in [-0.15, -0.1) is 13.2 Å². The van der Waals surface area contributed by atoms with Crippen LogP contribution in [0.2, 0.25) is 0 Å². The monoisotopic (exact) mass is 268 g/mol. The van der Waals surface area contributed by atoms with Crippen molar-refractivity contribution < 1.29 is 35.5 Å². The number of hydrogen-bond acceptors (Lipinski definition) is 1. The normalized spacial score (nSPS) is 17.4. The van der Waals surface area contributed by atoms with Crippen molar-refractivity contribution in [2.75, 3.05) is 0 Å². The third-order valence-corrected chi connectivity index (χ3v) is 1.71. The minimum absolute atomic E-state index is 0.0411. The van der Waals surface area contributed by atoms with E-state index >= 15 is 0 Å². The molecule has 0 heterocycles. The first-order chi connectivity index (χ1) is 7.52. The Morgan fingerprint density at radius 2 is 1.53 bits per heavy atom. The molecule has 0 aromatic rings. The van der Waals surface area contributed by atoms with Crippen LogP contribution >= 0.6 is 0 Å². The van der Waals surface area contributed by atoms with Gasteiger partial charge in [-0.3, -0.25) is 0 Å². The SMILES string of the molecule is CCCC/C=C/C(F)(OC(F)(F)F)C(F)(F)F. The molecule has 0 aromatic carbocycles. The molecule has 1 atom stereocenters. The zero-order chi connectivity index (χ0) is 13.7. The Hall–Kier alpha value is -0.790. The molecule has 0 saturated heterocycles. The van der Waals surface area contributed by atoms with E-state index in [1.54, 1.807) is 6.92 Å². The maximum absolute atomic E-state index is 13.1. The van der Waals surface area contributed by atoms with Gasteiger partial charge in [0.05, 0.1) is 0 Å². The van der Waals surface area contributed by atoms with Gasteiger partial charge in [0.25, 0.3) is 0 Å². The smallest absolute Gasteiger partial charge is 0.242 e. The lowest BCUT2D eigenvalue weighted by Crippen LogP contribution is -2.45. The molecule has 0 bridgehead atoms. The number of unbranched alkanes of at least 4 members (excludes halogenated alkanes) is 2. The van der Waals surface area contributed by atoms with Gasteiger partial charge in [0, 0.05) is 0 Å². The molecular weight excluding hydrogens is 257 g/mol. The highest BCUT2D eigenvalue weighted by Gasteiger charge is 2.61. The van der Waals surface area contributed by atoms with E-state index < -0.39 is 18.4 Å². The van der Waals surface area contributed by atoms with Crippen molar-refractivity contribution in [1.29, 1.82) is 0 Å². The lowest BCUT2D eigenvalue weighted by Gasteiger charge is -2.25. The van der Waals surface area contributed by atoms with Gasteiger partial charge in [-0.1, -0.05) is 25.8 Å². The Kier molecular flexibility index (Phi) is 5.44. The summed E-state index contributed by atoms with van der Waals surface area (Å²) < 4.78 is 86.8. The highest BCUT2D eigenvalue weighted by molar-refractivity contribution is 5.00. The molecule has 0 aromatic heterocycles. The Labute approximate surface area is 93.2 Å². The second-order valence-corrected chi connectivity index (χ2v) is 3.24. The summed E-state index contributed by atoms with van der Waals surface area (Å²) >= 11 is 0. The molecule has 0 amide bonds. The van der Waals surface area contributed by atoms with E-state index in [-0.39, 0.29) is 12.5 Å². The zero-order valence-corrected chi connectivity index (χ0v) is 8.83. The minimum atomic E-state index is -5.79. The molecule has 1 unspecified atom stereocenters. The molecule has 1 nitrogen and oxygen atoms in total. The van der Waals surface area contributed by atoms with Crippen molar-refractivity contribution in [3.8, 4) is 0 Å². The number of rotatable bonds is 5. The van der Waals surface area contributed by atoms with E-state index in [1.807, 2.05) is 0 Å². The van der Waals surface area contributed by atoms with Gasteiger partial charge in [0.1, 0.15) is 0 Å². The first-order valence-corrected chi connectivity index (χ1v) is 4.72. The predicted molar refractivity (Wildman–Crippen MR) is 45.7 cm³/mol. The average molecular weight is 268 g/mol. The van der Waals surface area contributed by atoms with Gasteiger partial charge >= 0.3 is 18.4 Å². The summed E-state index contributed by atoms with van der Waals surface area (Å²) in [6, 6.07) is 0. The highest BCUT2D eigenvalue weighted by Crippen LogP contribution is 2.40. The van der Waals surface area contributed by atoms with Crippen molar-refractivity contribution in [1.82, 2.24) is 0 Å². The van der Waals surface area contributed by atoms with Crippen LogP contribution in [0.5, 0.6) is 0 Å². The maximum atomic E-state index is 13.1. The standard InChI is InChI=1S/C9H11F7O/c1-2-3-4-5-6-7(10,8(11,12)13)17-9(14,15)16/h5-6H,2-4H2,1H3/b6-5+. The number of alkyl halides is 7.